The fourth-order valence-corrected chi connectivity index (χ4v) is 5.02. The summed E-state index contributed by atoms with van der Waals surface area (Å²) >= 11 is 0. The molecule has 0 spiro atoms. The van der Waals surface area contributed by atoms with Crippen molar-refractivity contribution in [3.8, 4) is 0 Å². The highest BCUT2D eigenvalue weighted by atomic mass is 16.5. The molecular weight excluding hydrogens is 386 g/mol. The largest absolute Gasteiger partial charge is 0.381 e. The Bertz CT molecular complexity index is 670. The molecular formula is C25H43N5O. The number of benzene rings is 1. The zero-order chi connectivity index (χ0) is 22.1. The first-order chi connectivity index (χ1) is 15.1. The van der Waals surface area contributed by atoms with Crippen molar-refractivity contribution >= 4 is 5.96 Å². The van der Waals surface area contributed by atoms with E-state index < -0.39 is 0 Å². The summed E-state index contributed by atoms with van der Waals surface area (Å²) < 4.78 is 5.71. The number of hydrogen-bond donors (Lipinski definition) is 2. The number of ether oxygens (including phenoxy) is 1. The van der Waals surface area contributed by atoms with Crippen molar-refractivity contribution in [2.75, 3.05) is 52.5 Å². The molecule has 6 heteroatoms. The van der Waals surface area contributed by atoms with Crippen molar-refractivity contribution in [1.82, 2.24) is 20.4 Å². The minimum Gasteiger partial charge on any atom is -0.381 e. The van der Waals surface area contributed by atoms with Crippen molar-refractivity contribution in [1.29, 1.82) is 0 Å². The summed E-state index contributed by atoms with van der Waals surface area (Å²) in [5.74, 6) is 1.07. The van der Waals surface area contributed by atoms with E-state index >= 15 is 0 Å². The van der Waals surface area contributed by atoms with Crippen molar-refractivity contribution < 1.29 is 4.74 Å². The van der Waals surface area contributed by atoms with Crippen molar-refractivity contribution in [3.63, 3.8) is 0 Å². The second-order valence-corrected chi connectivity index (χ2v) is 8.95. The van der Waals surface area contributed by atoms with Crippen LogP contribution < -0.4 is 10.6 Å². The predicted octanol–water partition coefficient (Wildman–Crippen LogP) is 3.27. The number of guanidine groups is 1. The van der Waals surface area contributed by atoms with Gasteiger partial charge in [0.25, 0.3) is 0 Å². The van der Waals surface area contributed by atoms with E-state index in [-0.39, 0.29) is 11.6 Å². The smallest absolute Gasteiger partial charge is 0.194 e. The van der Waals surface area contributed by atoms with Crippen molar-refractivity contribution in [2.24, 2.45) is 4.99 Å². The van der Waals surface area contributed by atoms with E-state index in [1.54, 1.807) is 0 Å². The summed E-state index contributed by atoms with van der Waals surface area (Å²) in [7, 11) is 0. The van der Waals surface area contributed by atoms with E-state index in [4.69, 9.17) is 9.73 Å². The molecule has 2 unspecified atom stereocenters. The molecule has 0 saturated carbocycles. The van der Waals surface area contributed by atoms with E-state index in [9.17, 15) is 0 Å². The van der Waals surface area contributed by atoms with Crippen LogP contribution in [0.3, 0.4) is 0 Å². The van der Waals surface area contributed by atoms with Crippen LogP contribution in [-0.2, 0) is 4.74 Å². The third kappa shape index (κ3) is 6.43. The molecule has 0 amide bonds. The van der Waals surface area contributed by atoms with Crippen molar-refractivity contribution in [2.45, 2.75) is 64.6 Å². The number of nitrogens with one attached hydrogen (secondary N) is 2. The van der Waals surface area contributed by atoms with Gasteiger partial charge < -0.3 is 20.3 Å². The second-order valence-electron chi connectivity index (χ2n) is 8.95. The molecule has 31 heavy (non-hydrogen) atoms. The van der Waals surface area contributed by atoms with Crippen LogP contribution in [0.5, 0.6) is 0 Å². The van der Waals surface area contributed by atoms with Crippen LogP contribution in [-0.4, -0.2) is 79.8 Å². The molecule has 0 aromatic heterocycles. The van der Waals surface area contributed by atoms with E-state index in [0.29, 0.717) is 6.04 Å². The molecule has 2 aliphatic rings. The average Bonchev–Trinajstić information content (AvgIpc) is 3.28. The van der Waals surface area contributed by atoms with Gasteiger partial charge in [0.15, 0.2) is 5.96 Å². The SMILES string of the molecule is CCNC(=NCC1(NC(C)c2ccccc2)CCOCC1)N1CCC(N(CC)CC)C1. The van der Waals surface area contributed by atoms with Crippen LogP contribution in [0.4, 0.5) is 0 Å². The Kier molecular flexibility index (Phi) is 9.17. The fraction of sp³-hybridized carbons (Fsp3) is 0.720. The Balaban J connectivity index is 1.71. The lowest BCUT2D eigenvalue weighted by Gasteiger charge is -2.40. The summed E-state index contributed by atoms with van der Waals surface area (Å²) in [6.07, 6.45) is 3.21. The maximum absolute atomic E-state index is 5.71. The molecule has 0 aliphatic carbocycles. The van der Waals surface area contributed by atoms with E-state index in [1.165, 1.54) is 12.0 Å². The Morgan fingerprint density at radius 2 is 1.90 bits per heavy atom. The van der Waals surface area contributed by atoms with Gasteiger partial charge in [0, 0.05) is 50.5 Å². The molecule has 2 fully saturated rings. The van der Waals surface area contributed by atoms with Gasteiger partial charge in [-0.15, -0.1) is 0 Å². The third-order valence-corrected chi connectivity index (χ3v) is 6.93. The molecule has 3 rings (SSSR count). The predicted molar refractivity (Wildman–Crippen MR) is 130 cm³/mol. The van der Waals surface area contributed by atoms with E-state index in [2.05, 4.69) is 78.5 Å². The molecule has 1 aromatic rings. The second kappa shape index (κ2) is 11.8. The van der Waals surface area contributed by atoms with Gasteiger partial charge in [-0.05, 0) is 51.8 Å². The number of nitrogens with zero attached hydrogens (tertiary/aromatic N) is 3. The van der Waals surface area contributed by atoms with Gasteiger partial charge in [0.2, 0.25) is 0 Å². The normalized spacial score (nSPS) is 22.7. The van der Waals surface area contributed by atoms with Crippen LogP contribution in [0.15, 0.2) is 35.3 Å². The maximum Gasteiger partial charge on any atom is 0.194 e. The maximum atomic E-state index is 5.71. The zero-order valence-corrected chi connectivity index (χ0v) is 20.1. The fourth-order valence-electron chi connectivity index (χ4n) is 5.02. The van der Waals surface area contributed by atoms with Gasteiger partial charge in [-0.2, -0.15) is 0 Å². The highest BCUT2D eigenvalue weighted by molar-refractivity contribution is 5.80. The minimum absolute atomic E-state index is 0.0216. The lowest BCUT2D eigenvalue weighted by atomic mass is 9.88. The molecule has 6 nitrogen and oxygen atoms in total. The minimum atomic E-state index is -0.0216. The molecule has 1 aromatic carbocycles. The van der Waals surface area contributed by atoms with Crippen molar-refractivity contribution in [3.05, 3.63) is 35.9 Å². The topological polar surface area (TPSA) is 52.1 Å². The first kappa shape index (κ1) is 24.0. The first-order valence-electron chi connectivity index (χ1n) is 12.3. The summed E-state index contributed by atoms with van der Waals surface area (Å²) in [5, 5.41) is 7.50. The van der Waals surface area contributed by atoms with E-state index in [1.807, 2.05) is 0 Å². The highest BCUT2D eigenvalue weighted by Gasteiger charge is 2.35. The van der Waals surface area contributed by atoms with Gasteiger partial charge in [-0.3, -0.25) is 9.89 Å². The Hall–Kier alpha value is -1.63. The third-order valence-electron chi connectivity index (χ3n) is 6.93. The Morgan fingerprint density at radius 1 is 1.19 bits per heavy atom. The van der Waals surface area contributed by atoms with Crippen LogP contribution in [0.2, 0.25) is 0 Å². The first-order valence-corrected chi connectivity index (χ1v) is 12.3. The number of likely N-dealkylation sites (N-methyl/N-ethyl adjacent to an activating group) is 1. The Morgan fingerprint density at radius 3 is 2.55 bits per heavy atom. The van der Waals surface area contributed by atoms with Gasteiger partial charge in [0.05, 0.1) is 6.54 Å². The molecule has 0 bridgehead atoms. The van der Waals surface area contributed by atoms with Gasteiger partial charge >= 0.3 is 0 Å². The number of rotatable bonds is 9. The number of aliphatic imine (C=N–C) groups is 1. The lowest BCUT2D eigenvalue weighted by molar-refractivity contribution is 0.0373. The molecule has 2 N–H and O–H groups in total. The summed E-state index contributed by atoms with van der Waals surface area (Å²) in [6.45, 7) is 16.6. The average molecular weight is 430 g/mol. The summed E-state index contributed by atoms with van der Waals surface area (Å²) in [4.78, 5) is 10.2. The lowest BCUT2D eigenvalue weighted by Crippen LogP contribution is -2.53. The molecule has 2 aliphatic heterocycles. The number of hydrogen-bond acceptors (Lipinski definition) is 4. The van der Waals surface area contributed by atoms with Crippen LogP contribution in [0.1, 0.15) is 58.6 Å². The van der Waals surface area contributed by atoms with Crippen LogP contribution in [0.25, 0.3) is 0 Å². The molecule has 2 saturated heterocycles. The highest BCUT2D eigenvalue weighted by Crippen LogP contribution is 2.26. The molecule has 2 heterocycles. The molecule has 0 radical (unpaired) electrons. The summed E-state index contributed by atoms with van der Waals surface area (Å²) in [5.41, 5.74) is 1.30. The standard InChI is InChI=1S/C25H43N5O/c1-5-26-24(30-16-13-23(19-30)29(6-2)7-3)27-20-25(14-17-31-18-15-25)28-21(4)22-11-9-8-10-12-22/h8-12,21,23,28H,5-7,13-20H2,1-4H3,(H,26,27). The quantitative estimate of drug-likeness (QED) is 0.466. The number of likely N-dealkylation sites (tertiary alicyclic amines) is 1. The van der Waals surface area contributed by atoms with E-state index in [0.717, 1.165) is 71.3 Å². The van der Waals surface area contributed by atoms with Gasteiger partial charge in [0.1, 0.15) is 0 Å². The van der Waals surface area contributed by atoms with Crippen LogP contribution >= 0.6 is 0 Å². The van der Waals surface area contributed by atoms with Gasteiger partial charge in [-0.25, -0.2) is 0 Å². The monoisotopic (exact) mass is 429 g/mol. The zero-order valence-electron chi connectivity index (χ0n) is 20.1. The molecule has 174 valence electrons. The van der Waals surface area contributed by atoms with Crippen LogP contribution in [0, 0.1) is 0 Å². The summed E-state index contributed by atoms with van der Waals surface area (Å²) in [6, 6.07) is 11.6. The Labute approximate surface area is 189 Å². The molecule has 2 atom stereocenters. The van der Waals surface area contributed by atoms with Gasteiger partial charge in [-0.1, -0.05) is 44.2 Å².